The molecule has 5 nitrogen and oxygen atoms in total. The van der Waals surface area contributed by atoms with Crippen LogP contribution in [0.2, 0.25) is 0 Å². The Labute approximate surface area is 120 Å². The maximum Gasteiger partial charge on any atom is 0.222 e. The number of likely N-dealkylation sites (tertiary alicyclic amines) is 2. The molecular formula is C15H24N4O. The van der Waals surface area contributed by atoms with Gasteiger partial charge in [0, 0.05) is 45.4 Å². The molecule has 0 radical (unpaired) electrons. The summed E-state index contributed by atoms with van der Waals surface area (Å²) in [5, 5.41) is 4.24. The second-order valence-electron chi connectivity index (χ2n) is 6.37. The van der Waals surface area contributed by atoms with Gasteiger partial charge in [0.05, 0.1) is 11.7 Å². The fourth-order valence-corrected chi connectivity index (χ4v) is 3.80. The van der Waals surface area contributed by atoms with Gasteiger partial charge in [0.2, 0.25) is 5.91 Å². The molecule has 1 atom stereocenters. The molecule has 0 bridgehead atoms. The highest BCUT2D eigenvalue weighted by molar-refractivity contribution is 5.77. The normalized spacial score (nSPS) is 28.3. The number of hydrogen-bond acceptors (Lipinski definition) is 3. The van der Waals surface area contributed by atoms with Gasteiger partial charge in [-0.25, -0.2) is 0 Å². The zero-order valence-electron chi connectivity index (χ0n) is 12.5. The summed E-state index contributed by atoms with van der Waals surface area (Å²) >= 11 is 0. The lowest BCUT2D eigenvalue weighted by molar-refractivity contribution is -0.142. The van der Waals surface area contributed by atoms with E-state index in [1.807, 2.05) is 29.9 Å². The number of carbonyl (C=O) groups is 1. The van der Waals surface area contributed by atoms with Crippen molar-refractivity contribution in [2.24, 2.45) is 7.05 Å². The van der Waals surface area contributed by atoms with Crippen molar-refractivity contribution in [2.75, 3.05) is 20.1 Å². The fourth-order valence-electron chi connectivity index (χ4n) is 3.80. The Balaban J connectivity index is 1.71. The van der Waals surface area contributed by atoms with Crippen LogP contribution in [0.4, 0.5) is 0 Å². The van der Waals surface area contributed by atoms with Crippen LogP contribution in [0.25, 0.3) is 0 Å². The molecular weight excluding hydrogens is 252 g/mol. The zero-order valence-corrected chi connectivity index (χ0v) is 12.5. The summed E-state index contributed by atoms with van der Waals surface area (Å²) in [7, 11) is 3.95. The van der Waals surface area contributed by atoms with E-state index in [9.17, 15) is 4.79 Å². The van der Waals surface area contributed by atoms with E-state index < -0.39 is 0 Å². The number of piperidine rings is 2. The maximum atomic E-state index is 12.0. The summed E-state index contributed by atoms with van der Waals surface area (Å²) in [5.74, 6) is 0.319. The van der Waals surface area contributed by atoms with Crippen LogP contribution in [0.5, 0.6) is 0 Å². The van der Waals surface area contributed by atoms with Crippen LogP contribution in [-0.4, -0.2) is 51.2 Å². The van der Waals surface area contributed by atoms with E-state index in [-0.39, 0.29) is 5.54 Å². The van der Waals surface area contributed by atoms with Gasteiger partial charge in [-0.05, 0) is 32.2 Å². The molecule has 3 heterocycles. The largest absolute Gasteiger partial charge is 0.339 e. The molecule has 2 aliphatic rings. The first kappa shape index (κ1) is 13.6. The summed E-state index contributed by atoms with van der Waals surface area (Å²) < 4.78 is 1.85. The fraction of sp³-hybridized carbons (Fsp3) is 0.733. The lowest BCUT2D eigenvalue weighted by Crippen LogP contribution is -2.60. The van der Waals surface area contributed by atoms with Crippen LogP contribution in [0.15, 0.2) is 12.4 Å². The highest BCUT2D eigenvalue weighted by atomic mass is 16.2. The smallest absolute Gasteiger partial charge is 0.222 e. The van der Waals surface area contributed by atoms with Crippen molar-refractivity contribution < 1.29 is 4.79 Å². The molecule has 0 aliphatic carbocycles. The maximum absolute atomic E-state index is 12.0. The Kier molecular flexibility index (Phi) is 3.54. The number of aryl methyl sites for hydroxylation is 1. The van der Waals surface area contributed by atoms with E-state index >= 15 is 0 Å². The summed E-state index contributed by atoms with van der Waals surface area (Å²) in [4.78, 5) is 16.5. The molecule has 1 aromatic heterocycles. The summed E-state index contributed by atoms with van der Waals surface area (Å²) in [6.07, 6.45) is 9.27. The van der Waals surface area contributed by atoms with Crippen LogP contribution in [-0.2, 0) is 18.4 Å². The van der Waals surface area contributed by atoms with Crippen molar-refractivity contribution in [2.45, 2.75) is 44.2 Å². The quantitative estimate of drug-likeness (QED) is 0.820. The third kappa shape index (κ3) is 2.46. The minimum atomic E-state index is 0.0792. The summed E-state index contributed by atoms with van der Waals surface area (Å²) in [6.45, 7) is 3.07. The molecule has 0 saturated carbocycles. The van der Waals surface area contributed by atoms with Gasteiger partial charge in [0.25, 0.3) is 0 Å². The van der Waals surface area contributed by atoms with Crippen molar-refractivity contribution >= 4 is 5.91 Å². The first-order valence-corrected chi connectivity index (χ1v) is 7.56. The number of nitrogens with zero attached hydrogens (tertiary/aromatic N) is 4. The highest BCUT2D eigenvalue weighted by Gasteiger charge is 2.43. The number of hydrogen-bond donors (Lipinski definition) is 0. The van der Waals surface area contributed by atoms with E-state index in [0.29, 0.717) is 5.91 Å². The Bertz CT molecular complexity index is 494. The van der Waals surface area contributed by atoms with Crippen LogP contribution < -0.4 is 0 Å². The van der Waals surface area contributed by atoms with Crippen molar-refractivity contribution in [1.82, 2.24) is 19.6 Å². The molecule has 3 rings (SSSR count). The molecule has 1 unspecified atom stereocenters. The highest BCUT2D eigenvalue weighted by Crippen LogP contribution is 2.35. The topological polar surface area (TPSA) is 41.4 Å². The first-order valence-electron chi connectivity index (χ1n) is 7.56. The Morgan fingerprint density at radius 1 is 1.30 bits per heavy atom. The second kappa shape index (κ2) is 5.20. The minimum Gasteiger partial charge on any atom is -0.339 e. The van der Waals surface area contributed by atoms with E-state index in [4.69, 9.17) is 0 Å². The number of likely N-dealkylation sites (N-methyl/N-ethyl adjacent to an activating group) is 1. The number of aromatic nitrogens is 2. The Morgan fingerprint density at radius 3 is 2.85 bits per heavy atom. The van der Waals surface area contributed by atoms with Crippen molar-refractivity contribution in [1.29, 1.82) is 0 Å². The molecule has 5 heteroatoms. The second-order valence-corrected chi connectivity index (χ2v) is 6.37. The molecule has 20 heavy (non-hydrogen) atoms. The third-order valence-corrected chi connectivity index (χ3v) is 4.92. The van der Waals surface area contributed by atoms with Crippen LogP contribution in [0, 0.1) is 0 Å². The zero-order chi connectivity index (χ0) is 14.2. The van der Waals surface area contributed by atoms with Crippen molar-refractivity contribution in [3.63, 3.8) is 0 Å². The molecule has 0 N–H and O–H groups in total. The lowest BCUT2D eigenvalue weighted by atomic mass is 9.80. The van der Waals surface area contributed by atoms with Crippen LogP contribution >= 0.6 is 0 Å². The minimum absolute atomic E-state index is 0.0792. The van der Waals surface area contributed by atoms with Crippen molar-refractivity contribution in [3.8, 4) is 0 Å². The molecule has 2 fully saturated rings. The van der Waals surface area contributed by atoms with Crippen LogP contribution in [0.1, 0.15) is 37.7 Å². The van der Waals surface area contributed by atoms with E-state index in [0.717, 1.165) is 45.3 Å². The summed E-state index contributed by atoms with van der Waals surface area (Å²) in [5.41, 5.74) is 1.34. The van der Waals surface area contributed by atoms with Gasteiger partial charge in [-0.15, -0.1) is 0 Å². The molecule has 1 amide bonds. The molecule has 2 saturated heterocycles. The molecule has 1 spiro atoms. The van der Waals surface area contributed by atoms with E-state index in [1.165, 1.54) is 12.0 Å². The number of amides is 1. The molecule has 1 aromatic rings. The SMILES string of the molecule is CN1C(=O)CCCC12CCCN(Cc1cnn(C)c1)C2. The standard InChI is InChI=1S/C15H24N4O/c1-17-10-13(9-16-17)11-19-8-4-7-15(12-19)6-3-5-14(20)18(15)2/h9-10H,3-8,11-12H2,1-2H3. The third-order valence-electron chi connectivity index (χ3n) is 4.92. The van der Waals surface area contributed by atoms with Gasteiger partial charge >= 0.3 is 0 Å². The Morgan fingerprint density at radius 2 is 2.10 bits per heavy atom. The van der Waals surface area contributed by atoms with E-state index in [2.05, 4.69) is 16.2 Å². The molecule has 2 aliphatic heterocycles. The monoisotopic (exact) mass is 276 g/mol. The molecule has 0 aromatic carbocycles. The number of rotatable bonds is 2. The van der Waals surface area contributed by atoms with Crippen molar-refractivity contribution in [3.05, 3.63) is 18.0 Å². The van der Waals surface area contributed by atoms with Gasteiger partial charge in [-0.2, -0.15) is 5.10 Å². The van der Waals surface area contributed by atoms with Gasteiger partial charge in [0.1, 0.15) is 0 Å². The predicted molar refractivity (Wildman–Crippen MR) is 77.1 cm³/mol. The average Bonchev–Trinajstić information content (AvgIpc) is 2.82. The van der Waals surface area contributed by atoms with Gasteiger partial charge in [0.15, 0.2) is 0 Å². The summed E-state index contributed by atoms with van der Waals surface area (Å²) in [6, 6.07) is 0. The Hall–Kier alpha value is -1.36. The predicted octanol–water partition coefficient (Wildman–Crippen LogP) is 1.40. The van der Waals surface area contributed by atoms with Crippen LogP contribution in [0.3, 0.4) is 0 Å². The first-order chi connectivity index (χ1) is 9.59. The van der Waals surface area contributed by atoms with Gasteiger partial charge in [-0.1, -0.05) is 0 Å². The van der Waals surface area contributed by atoms with Gasteiger partial charge in [-0.3, -0.25) is 14.4 Å². The van der Waals surface area contributed by atoms with Gasteiger partial charge < -0.3 is 4.90 Å². The number of carbonyl (C=O) groups excluding carboxylic acids is 1. The average molecular weight is 276 g/mol. The lowest BCUT2D eigenvalue weighted by Gasteiger charge is -2.50. The van der Waals surface area contributed by atoms with E-state index in [1.54, 1.807) is 0 Å². The molecule has 110 valence electrons.